The Bertz CT molecular complexity index is 586. The zero-order valence-corrected chi connectivity index (χ0v) is 14.2. The number of piperidine rings is 1. The van der Waals surface area contributed by atoms with E-state index in [2.05, 4.69) is 61.2 Å². The number of hydrogen-bond acceptors (Lipinski definition) is 2. The van der Waals surface area contributed by atoms with E-state index in [1.165, 1.54) is 12.1 Å². The van der Waals surface area contributed by atoms with Crippen molar-refractivity contribution in [2.24, 2.45) is 5.92 Å². The Kier molecular flexibility index (Phi) is 5.02. The Labute approximate surface area is 140 Å². The maximum Gasteiger partial charge on any atom is 0.136 e. The summed E-state index contributed by atoms with van der Waals surface area (Å²) in [5.41, 5.74) is 1.10. The van der Waals surface area contributed by atoms with Crippen molar-refractivity contribution in [3.05, 3.63) is 66.2 Å². The first-order chi connectivity index (χ1) is 11.2. The van der Waals surface area contributed by atoms with Crippen LogP contribution < -0.4 is 4.74 Å². The van der Waals surface area contributed by atoms with E-state index in [0.717, 1.165) is 31.7 Å². The second kappa shape index (κ2) is 7.18. The molecule has 0 amide bonds. The third-order valence-electron chi connectivity index (χ3n) is 4.64. The maximum absolute atomic E-state index is 6.56. The smallest absolute Gasteiger partial charge is 0.136 e. The molecule has 0 unspecified atom stereocenters. The van der Waals surface area contributed by atoms with Crippen LogP contribution in [0, 0.1) is 5.92 Å². The van der Waals surface area contributed by atoms with Gasteiger partial charge < -0.3 is 9.64 Å². The van der Waals surface area contributed by atoms with Crippen molar-refractivity contribution in [1.29, 1.82) is 0 Å². The van der Waals surface area contributed by atoms with E-state index in [-0.39, 0.29) is 5.60 Å². The predicted molar refractivity (Wildman–Crippen MR) is 95.7 cm³/mol. The molecule has 1 fully saturated rings. The van der Waals surface area contributed by atoms with Crippen molar-refractivity contribution in [3.63, 3.8) is 0 Å². The van der Waals surface area contributed by atoms with Crippen molar-refractivity contribution in [2.45, 2.75) is 32.3 Å². The van der Waals surface area contributed by atoms with E-state index >= 15 is 0 Å². The molecular weight excluding hydrogens is 282 g/mol. The lowest BCUT2D eigenvalue weighted by molar-refractivity contribution is -0.00538. The average Bonchev–Trinajstić information content (AvgIpc) is 2.58. The molecule has 0 saturated carbocycles. The van der Waals surface area contributed by atoms with E-state index in [1.54, 1.807) is 0 Å². The van der Waals surface area contributed by atoms with Crippen molar-refractivity contribution in [3.8, 4) is 5.75 Å². The molecule has 1 heterocycles. The summed E-state index contributed by atoms with van der Waals surface area (Å²) in [5, 5.41) is 0. The Morgan fingerprint density at radius 3 is 2.04 bits per heavy atom. The van der Waals surface area contributed by atoms with Crippen LogP contribution in [0.15, 0.2) is 60.7 Å². The molecule has 0 spiro atoms. The SMILES string of the molecule is CC(C)CN1CCC(Oc2ccccc2)(c2ccccc2)CC1. The standard InChI is InChI=1S/C21H27NO/c1-18(2)17-22-15-13-21(14-16-22,19-9-5-3-6-10-19)23-20-11-7-4-8-12-20/h3-12,18H,13-17H2,1-2H3. The summed E-state index contributed by atoms with van der Waals surface area (Å²) in [6.45, 7) is 7.95. The highest BCUT2D eigenvalue weighted by Gasteiger charge is 2.38. The summed E-state index contributed by atoms with van der Waals surface area (Å²) >= 11 is 0. The van der Waals surface area contributed by atoms with E-state index in [9.17, 15) is 0 Å². The second-order valence-electron chi connectivity index (χ2n) is 6.97. The molecule has 0 aliphatic carbocycles. The first kappa shape index (κ1) is 16.1. The highest BCUT2D eigenvalue weighted by atomic mass is 16.5. The van der Waals surface area contributed by atoms with Crippen LogP contribution in [-0.4, -0.2) is 24.5 Å². The van der Waals surface area contributed by atoms with Crippen LogP contribution in [0.5, 0.6) is 5.75 Å². The third-order valence-corrected chi connectivity index (χ3v) is 4.64. The molecule has 1 aliphatic rings. The molecule has 122 valence electrons. The number of ether oxygens (including phenoxy) is 1. The Hall–Kier alpha value is -1.80. The van der Waals surface area contributed by atoms with Gasteiger partial charge in [0.1, 0.15) is 11.4 Å². The number of hydrogen-bond donors (Lipinski definition) is 0. The normalized spacial score (nSPS) is 18.0. The molecule has 3 rings (SSSR count). The largest absolute Gasteiger partial charge is 0.482 e. The lowest BCUT2D eigenvalue weighted by Crippen LogP contribution is -2.46. The lowest BCUT2D eigenvalue weighted by Gasteiger charge is -2.42. The van der Waals surface area contributed by atoms with Crippen LogP contribution in [0.2, 0.25) is 0 Å². The van der Waals surface area contributed by atoms with Gasteiger partial charge in [-0.3, -0.25) is 0 Å². The predicted octanol–water partition coefficient (Wildman–Crippen LogP) is 4.71. The topological polar surface area (TPSA) is 12.5 Å². The second-order valence-corrected chi connectivity index (χ2v) is 6.97. The van der Waals surface area contributed by atoms with Crippen LogP contribution in [0.3, 0.4) is 0 Å². The van der Waals surface area contributed by atoms with Gasteiger partial charge in [0, 0.05) is 32.5 Å². The van der Waals surface area contributed by atoms with Crippen LogP contribution in [-0.2, 0) is 5.60 Å². The summed E-state index contributed by atoms with van der Waals surface area (Å²) in [6.07, 6.45) is 2.08. The van der Waals surface area contributed by atoms with Crippen molar-refractivity contribution in [1.82, 2.24) is 4.90 Å². The Morgan fingerprint density at radius 1 is 0.913 bits per heavy atom. The lowest BCUT2D eigenvalue weighted by atomic mass is 9.83. The fourth-order valence-electron chi connectivity index (χ4n) is 3.52. The molecule has 0 atom stereocenters. The first-order valence-electron chi connectivity index (χ1n) is 8.70. The van der Waals surface area contributed by atoms with Crippen LogP contribution in [0.4, 0.5) is 0 Å². The van der Waals surface area contributed by atoms with Crippen LogP contribution >= 0.6 is 0 Å². The van der Waals surface area contributed by atoms with E-state index in [4.69, 9.17) is 4.74 Å². The molecule has 0 aromatic heterocycles. The summed E-state index contributed by atoms with van der Waals surface area (Å²) in [6, 6.07) is 21.0. The molecule has 1 aliphatic heterocycles. The molecule has 2 heteroatoms. The zero-order chi connectivity index (χ0) is 16.1. The minimum atomic E-state index is -0.198. The third kappa shape index (κ3) is 3.94. The highest BCUT2D eigenvalue weighted by Crippen LogP contribution is 2.37. The van der Waals surface area contributed by atoms with Gasteiger partial charge in [-0.25, -0.2) is 0 Å². The van der Waals surface area contributed by atoms with Gasteiger partial charge in [0.15, 0.2) is 0 Å². The number of para-hydroxylation sites is 1. The van der Waals surface area contributed by atoms with Gasteiger partial charge in [0.25, 0.3) is 0 Å². The summed E-state index contributed by atoms with van der Waals surface area (Å²) in [4.78, 5) is 2.57. The number of likely N-dealkylation sites (tertiary alicyclic amines) is 1. The van der Waals surface area contributed by atoms with Gasteiger partial charge in [0.05, 0.1) is 0 Å². The fourth-order valence-corrected chi connectivity index (χ4v) is 3.52. The number of benzene rings is 2. The Balaban J connectivity index is 1.81. The molecule has 0 bridgehead atoms. The first-order valence-corrected chi connectivity index (χ1v) is 8.70. The molecule has 0 N–H and O–H groups in total. The minimum Gasteiger partial charge on any atom is -0.482 e. The van der Waals surface area contributed by atoms with Gasteiger partial charge in [-0.2, -0.15) is 0 Å². The van der Waals surface area contributed by atoms with Gasteiger partial charge >= 0.3 is 0 Å². The van der Waals surface area contributed by atoms with Crippen LogP contribution in [0.1, 0.15) is 32.3 Å². The van der Waals surface area contributed by atoms with Gasteiger partial charge in [-0.05, 0) is 23.6 Å². The minimum absolute atomic E-state index is 0.198. The quantitative estimate of drug-likeness (QED) is 0.793. The van der Waals surface area contributed by atoms with Crippen molar-refractivity contribution >= 4 is 0 Å². The monoisotopic (exact) mass is 309 g/mol. The zero-order valence-electron chi connectivity index (χ0n) is 14.2. The summed E-state index contributed by atoms with van der Waals surface area (Å²) in [5.74, 6) is 1.68. The molecule has 0 radical (unpaired) electrons. The van der Waals surface area contributed by atoms with Gasteiger partial charge in [-0.15, -0.1) is 0 Å². The molecule has 1 saturated heterocycles. The van der Waals surface area contributed by atoms with Crippen molar-refractivity contribution < 1.29 is 4.74 Å². The van der Waals surface area contributed by atoms with Crippen molar-refractivity contribution in [2.75, 3.05) is 19.6 Å². The van der Waals surface area contributed by atoms with Gasteiger partial charge in [-0.1, -0.05) is 62.4 Å². The Morgan fingerprint density at radius 2 is 1.48 bits per heavy atom. The average molecular weight is 309 g/mol. The van der Waals surface area contributed by atoms with E-state index < -0.39 is 0 Å². The maximum atomic E-state index is 6.56. The molecule has 2 aromatic rings. The molecule has 2 nitrogen and oxygen atoms in total. The summed E-state index contributed by atoms with van der Waals surface area (Å²) in [7, 11) is 0. The fraction of sp³-hybridized carbons (Fsp3) is 0.429. The number of rotatable bonds is 5. The highest BCUT2D eigenvalue weighted by molar-refractivity contribution is 5.28. The molecule has 2 aromatic carbocycles. The summed E-state index contributed by atoms with van der Waals surface area (Å²) < 4.78 is 6.56. The number of nitrogens with zero attached hydrogens (tertiary/aromatic N) is 1. The van der Waals surface area contributed by atoms with Gasteiger partial charge in [0.2, 0.25) is 0 Å². The molecule has 23 heavy (non-hydrogen) atoms. The van der Waals surface area contributed by atoms with Crippen LogP contribution in [0.25, 0.3) is 0 Å². The molecular formula is C21H27NO. The van der Waals surface area contributed by atoms with E-state index in [1.807, 2.05) is 18.2 Å². The van der Waals surface area contributed by atoms with E-state index in [0.29, 0.717) is 5.92 Å².